The molecular formula is C23H38N4O2S. The molecule has 30 heavy (non-hydrogen) atoms. The third kappa shape index (κ3) is 6.45. The molecule has 2 heterocycles. The van der Waals surface area contributed by atoms with Gasteiger partial charge in [0.1, 0.15) is 5.75 Å². The first kappa shape index (κ1) is 23.1. The van der Waals surface area contributed by atoms with Gasteiger partial charge < -0.3 is 25.0 Å². The number of methoxy groups -OCH3 is 1. The molecule has 2 fully saturated rings. The Morgan fingerprint density at radius 2 is 2.17 bits per heavy atom. The summed E-state index contributed by atoms with van der Waals surface area (Å²) in [6, 6.07) is 8.74. The second kappa shape index (κ2) is 11.7. The van der Waals surface area contributed by atoms with E-state index < -0.39 is 0 Å². The van der Waals surface area contributed by atoms with Crippen molar-refractivity contribution in [2.45, 2.75) is 50.3 Å². The molecule has 3 rings (SSSR count). The summed E-state index contributed by atoms with van der Waals surface area (Å²) in [7, 11) is 1.72. The second-order valence-electron chi connectivity index (χ2n) is 8.05. The highest BCUT2D eigenvalue weighted by Crippen LogP contribution is 2.35. The highest BCUT2D eigenvalue weighted by Gasteiger charge is 2.32. The van der Waals surface area contributed by atoms with Gasteiger partial charge in [0, 0.05) is 55.4 Å². The van der Waals surface area contributed by atoms with E-state index in [1.54, 1.807) is 7.11 Å². The number of rotatable bonds is 8. The molecule has 2 aliphatic heterocycles. The van der Waals surface area contributed by atoms with Gasteiger partial charge in [0.05, 0.1) is 13.7 Å². The van der Waals surface area contributed by atoms with Crippen molar-refractivity contribution in [3.63, 3.8) is 0 Å². The van der Waals surface area contributed by atoms with Crippen molar-refractivity contribution in [1.29, 1.82) is 0 Å². The van der Waals surface area contributed by atoms with Crippen molar-refractivity contribution >= 4 is 23.4 Å². The zero-order valence-electron chi connectivity index (χ0n) is 18.8. The molecule has 0 spiro atoms. The van der Waals surface area contributed by atoms with Gasteiger partial charge in [0.25, 0.3) is 0 Å². The minimum Gasteiger partial charge on any atom is -0.497 e. The van der Waals surface area contributed by atoms with Crippen molar-refractivity contribution < 1.29 is 9.47 Å². The molecule has 0 saturated carbocycles. The van der Waals surface area contributed by atoms with Crippen LogP contribution in [0.1, 0.15) is 39.5 Å². The number of anilines is 1. The maximum absolute atomic E-state index is 5.61. The highest BCUT2D eigenvalue weighted by molar-refractivity contribution is 8.00. The van der Waals surface area contributed by atoms with Crippen molar-refractivity contribution in [3.8, 4) is 5.75 Å². The number of nitrogens with one attached hydrogen (secondary N) is 2. The zero-order chi connectivity index (χ0) is 21.2. The first-order chi connectivity index (χ1) is 14.7. The lowest BCUT2D eigenvalue weighted by atomic mass is 9.99. The molecule has 1 unspecified atom stereocenters. The summed E-state index contributed by atoms with van der Waals surface area (Å²) in [5.41, 5.74) is 1.23. The van der Waals surface area contributed by atoms with Gasteiger partial charge in [0.15, 0.2) is 5.96 Å². The molecule has 0 bridgehead atoms. The van der Waals surface area contributed by atoms with Crippen molar-refractivity contribution in [2.24, 2.45) is 4.99 Å². The Morgan fingerprint density at radius 1 is 1.33 bits per heavy atom. The maximum Gasteiger partial charge on any atom is 0.191 e. The molecule has 2 N–H and O–H groups in total. The van der Waals surface area contributed by atoms with Crippen LogP contribution in [0.2, 0.25) is 0 Å². The number of benzene rings is 1. The molecule has 0 aromatic heterocycles. The van der Waals surface area contributed by atoms with E-state index in [1.165, 1.54) is 12.1 Å². The normalized spacial score (nSPS) is 21.9. The average Bonchev–Trinajstić information content (AvgIpc) is 2.79. The Bertz CT molecular complexity index is 673. The van der Waals surface area contributed by atoms with Crippen LogP contribution in [0.25, 0.3) is 0 Å². The predicted molar refractivity (Wildman–Crippen MR) is 128 cm³/mol. The standard InChI is InChI=1S/C23H38N4O2S/c1-4-24-22(25-18-23(30-5-2)11-14-29-15-12-23)26-19-8-7-13-27(17-19)20-9-6-10-21(16-20)28-3/h6,9-10,16,19H,4-5,7-8,11-15,17-18H2,1-3H3,(H2,24,25,26). The minimum absolute atomic E-state index is 0.217. The summed E-state index contributed by atoms with van der Waals surface area (Å²) in [5, 5.41) is 7.17. The fourth-order valence-corrected chi connectivity index (χ4v) is 5.49. The van der Waals surface area contributed by atoms with Crippen LogP contribution in [-0.4, -0.2) is 69.0 Å². The predicted octanol–water partition coefficient (Wildman–Crippen LogP) is 3.52. The lowest BCUT2D eigenvalue weighted by molar-refractivity contribution is 0.0793. The molecule has 1 atom stereocenters. The van der Waals surface area contributed by atoms with Gasteiger partial charge in [0.2, 0.25) is 0 Å². The van der Waals surface area contributed by atoms with Gasteiger partial charge >= 0.3 is 0 Å². The molecule has 1 aromatic carbocycles. The third-order valence-electron chi connectivity index (χ3n) is 5.90. The molecule has 0 radical (unpaired) electrons. The van der Waals surface area contributed by atoms with Crippen molar-refractivity contribution in [2.75, 3.05) is 57.2 Å². The monoisotopic (exact) mass is 434 g/mol. The summed E-state index contributed by atoms with van der Waals surface area (Å²) in [6.07, 6.45) is 4.50. The molecule has 168 valence electrons. The highest BCUT2D eigenvalue weighted by atomic mass is 32.2. The van der Waals surface area contributed by atoms with E-state index in [1.807, 2.05) is 17.8 Å². The van der Waals surface area contributed by atoms with Crippen LogP contribution in [0.3, 0.4) is 0 Å². The van der Waals surface area contributed by atoms with Crippen LogP contribution in [0.15, 0.2) is 29.3 Å². The van der Waals surface area contributed by atoms with Gasteiger partial charge in [-0.05, 0) is 50.5 Å². The van der Waals surface area contributed by atoms with Crippen LogP contribution in [-0.2, 0) is 4.74 Å². The number of aliphatic imine (C=N–C) groups is 1. The zero-order valence-corrected chi connectivity index (χ0v) is 19.6. The lowest BCUT2D eigenvalue weighted by Crippen LogP contribution is -2.51. The van der Waals surface area contributed by atoms with Gasteiger partial charge in [-0.2, -0.15) is 11.8 Å². The number of nitrogens with zero attached hydrogens (tertiary/aromatic N) is 2. The largest absolute Gasteiger partial charge is 0.497 e. The van der Waals surface area contributed by atoms with Crippen LogP contribution >= 0.6 is 11.8 Å². The molecule has 2 aliphatic rings. The molecule has 7 heteroatoms. The second-order valence-corrected chi connectivity index (χ2v) is 9.79. The Hall–Kier alpha value is -1.60. The van der Waals surface area contributed by atoms with Crippen molar-refractivity contribution in [3.05, 3.63) is 24.3 Å². The van der Waals surface area contributed by atoms with E-state index in [0.29, 0.717) is 6.04 Å². The lowest BCUT2D eigenvalue weighted by Gasteiger charge is -2.37. The molecule has 2 saturated heterocycles. The van der Waals surface area contributed by atoms with Gasteiger partial charge in [-0.25, -0.2) is 0 Å². The Morgan fingerprint density at radius 3 is 2.90 bits per heavy atom. The number of guanidine groups is 1. The quantitative estimate of drug-likeness (QED) is 0.482. The Labute approximate surface area is 186 Å². The summed E-state index contributed by atoms with van der Waals surface area (Å²) >= 11 is 2.04. The van der Waals surface area contributed by atoms with Crippen molar-refractivity contribution in [1.82, 2.24) is 10.6 Å². The smallest absolute Gasteiger partial charge is 0.191 e. The van der Waals surface area contributed by atoms with Gasteiger partial charge in [-0.1, -0.05) is 13.0 Å². The summed E-state index contributed by atoms with van der Waals surface area (Å²) in [5.74, 6) is 2.97. The van der Waals surface area contributed by atoms with Crippen LogP contribution in [0.4, 0.5) is 5.69 Å². The topological polar surface area (TPSA) is 58.1 Å². The number of hydrogen-bond donors (Lipinski definition) is 2. The summed E-state index contributed by atoms with van der Waals surface area (Å²) in [6.45, 7) is 9.84. The SMILES string of the molecule is CCNC(=NCC1(SCC)CCOCC1)NC1CCCN(c2cccc(OC)c2)C1. The third-order valence-corrected chi connectivity index (χ3v) is 7.34. The van der Waals surface area contributed by atoms with E-state index in [9.17, 15) is 0 Å². The molecule has 1 aromatic rings. The number of thioether (sulfide) groups is 1. The number of hydrogen-bond acceptors (Lipinski definition) is 5. The average molecular weight is 435 g/mol. The fourth-order valence-electron chi connectivity index (χ4n) is 4.27. The van der Waals surface area contributed by atoms with Crippen LogP contribution in [0.5, 0.6) is 5.75 Å². The summed E-state index contributed by atoms with van der Waals surface area (Å²) in [4.78, 5) is 7.47. The maximum atomic E-state index is 5.61. The molecule has 0 aliphatic carbocycles. The first-order valence-electron chi connectivity index (χ1n) is 11.3. The minimum atomic E-state index is 0.217. The van der Waals surface area contributed by atoms with E-state index >= 15 is 0 Å². The van der Waals surface area contributed by atoms with E-state index in [4.69, 9.17) is 14.5 Å². The Balaban J connectivity index is 1.64. The summed E-state index contributed by atoms with van der Waals surface area (Å²) < 4.78 is 11.2. The van der Waals surface area contributed by atoms with E-state index in [-0.39, 0.29) is 4.75 Å². The Kier molecular flexibility index (Phi) is 9.00. The van der Waals surface area contributed by atoms with Crippen LogP contribution < -0.4 is 20.3 Å². The number of ether oxygens (including phenoxy) is 2. The van der Waals surface area contributed by atoms with Gasteiger partial charge in [-0.15, -0.1) is 0 Å². The molecular weight excluding hydrogens is 396 g/mol. The fraction of sp³-hybridized carbons (Fsp3) is 0.696. The first-order valence-corrected chi connectivity index (χ1v) is 12.3. The van der Waals surface area contributed by atoms with Crippen LogP contribution in [0, 0.1) is 0 Å². The molecule has 0 amide bonds. The van der Waals surface area contributed by atoms with E-state index in [0.717, 1.165) is 76.1 Å². The van der Waals surface area contributed by atoms with Gasteiger partial charge in [-0.3, -0.25) is 4.99 Å². The van der Waals surface area contributed by atoms with E-state index in [2.05, 4.69) is 47.6 Å². The molecule has 6 nitrogen and oxygen atoms in total. The number of piperidine rings is 1.